The van der Waals surface area contributed by atoms with Crippen molar-refractivity contribution in [2.75, 3.05) is 20.7 Å². The van der Waals surface area contributed by atoms with Crippen LogP contribution in [0.3, 0.4) is 0 Å². The van der Waals surface area contributed by atoms with Gasteiger partial charge in [0.05, 0.1) is 19.7 Å². The lowest BCUT2D eigenvalue weighted by Gasteiger charge is -2.21. The zero-order valence-electron chi connectivity index (χ0n) is 17.5. The van der Waals surface area contributed by atoms with E-state index in [1.54, 1.807) is 0 Å². The number of rotatable bonds is 7. The van der Waals surface area contributed by atoms with Gasteiger partial charge in [-0.1, -0.05) is 12.1 Å². The number of hydrogen-bond acceptors (Lipinski definition) is 4. The summed E-state index contributed by atoms with van der Waals surface area (Å²) in [4.78, 5) is 12.2. The molecule has 0 bridgehead atoms. The molecule has 158 valence electrons. The van der Waals surface area contributed by atoms with Crippen LogP contribution >= 0.6 is 0 Å². The van der Waals surface area contributed by atoms with E-state index in [1.807, 2.05) is 33.8 Å². The molecule has 2 aromatic rings. The fraction of sp³-hybridized carbons (Fsp3) is 0.381. The van der Waals surface area contributed by atoms with Crippen LogP contribution in [0.4, 0.5) is 4.39 Å². The van der Waals surface area contributed by atoms with Crippen LogP contribution in [-0.4, -0.2) is 39.3 Å². The Balaban J connectivity index is 2.16. The molecule has 0 spiro atoms. The average molecular weight is 423 g/mol. The number of nitrogens with one attached hydrogen (secondary N) is 1. The predicted molar refractivity (Wildman–Crippen MR) is 110 cm³/mol. The van der Waals surface area contributed by atoms with E-state index >= 15 is 0 Å². The minimum absolute atomic E-state index is 0.0118. The minimum Gasteiger partial charge on any atom is -0.495 e. The van der Waals surface area contributed by atoms with Crippen molar-refractivity contribution < 1.29 is 22.3 Å². The molecule has 0 radical (unpaired) electrons. The molecule has 2 aromatic carbocycles. The van der Waals surface area contributed by atoms with Gasteiger partial charge in [0, 0.05) is 7.05 Å². The molecule has 1 amide bonds. The fourth-order valence-electron chi connectivity index (χ4n) is 3.12. The number of amides is 1. The van der Waals surface area contributed by atoms with E-state index in [-0.39, 0.29) is 16.7 Å². The molecule has 29 heavy (non-hydrogen) atoms. The molecule has 0 heterocycles. The second-order valence-corrected chi connectivity index (χ2v) is 9.15. The minimum atomic E-state index is -4.11. The van der Waals surface area contributed by atoms with Crippen LogP contribution in [0.5, 0.6) is 5.75 Å². The van der Waals surface area contributed by atoms with Crippen molar-refractivity contribution in [2.45, 2.75) is 38.6 Å². The zero-order chi connectivity index (χ0) is 21.9. The predicted octanol–water partition coefficient (Wildman–Crippen LogP) is 3.26. The molecule has 6 nitrogen and oxygen atoms in total. The van der Waals surface area contributed by atoms with Gasteiger partial charge >= 0.3 is 0 Å². The van der Waals surface area contributed by atoms with Crippen molar-refractivity contribution in [3.63, 3.8) is 0 Å². The van der Waals surface area contributed by atoms with Gasteiger partial charge in [-0.05, 0) is 68.1 Å². The summed E-state index contributed by atoms with van der Waals surface area (Å²) in [5.41, 5.74) is 4.30. The fourth-order valence-corrected chi connectivity index (χ4v) is 4.41. The van der Waals surface area contributed by atoms with Crippen LogP contribution in [0, 0.1) is 26.6 Å². The maximum atomic E-state index is 13.6. The number of ether oxygens (including phenoxy) is 1. The van der Waals surface area contributed by atoms with Gasteiger partial charge in [0.25, 0.3) is 0 Å². The van der Waals surface area contributed by atoms with E-state index in [1.165, 1.54) is 25.8 Å². The first-order chi connectivity index (χ1) is 13.5. The molecule has 0 aromatic heterocycles. The van der Waals surface area contributed by atoms with Crippen LogP contribution in [0.25, 0.3) is 0 Å². The third kappa shape index (κ3) is 5.13. The van der Waals surface area contributed by atoms with Crippen LogP contribution in [0.2, 0.25) is 0 Å². The highest BCUT2D eigenvalue weighted by atomic mass is 32.2. The Morgan fingerprint density at radius 1 is 1.14 bits per heavy atom. The summed E-state index contributed by atoms with van der Waals surface area (Å²) in [6, 6.07) is 7.01. The van der Waals surface area contributed by atoms with Gasteiger partial charge in [-0.3, -0.25) is 4.79 Å². The van der Waals surface area contributed by atoms with E-state index in [0.29, 0.717) is 0 Å². The molecular weight excluding hydrogens is 395 g/mol. The molecule has 0 aliphatic heterocycles. The molecule has 0 saturated heterocycles. The summed E-state index contributed by atoms with van der Waals surface area (Å²) >= 11 is 0. The molecule has 0 saturated carbocycles. The quantitative estimate of drug-likeness (QED) is 0.743. The van der Waals surface area contributed by atoms with Gasteiger partial charge in [0.15, 0.2) is 0 Å². The summed E-state index contributed by atoms with van der Waals surface area (Å²) in [6.45, 7) is 7.43. The number of benzene rings is 2. The second-order valence-electron chi connectivity index (χ2n) is 7.14. The summed E-state index contributed by atoms with van der Waals surface area (Å²) in [5.74, 6) is -1.16. The normalized spacial score (nSPS) is 12.7. The lowest BCUT2D eigenvalue weighted by Crippen LogP contribution is -2.39. The Morgan fingerprint density at radius 3 is 2.38 bits per heavy atom. The number of carbonyl (C=O) groups is 1. The number of nitrogens with zero attached hydrogens (tertiary/aromatic N) is 1. The highest BCUT2D eigenvalue weighted by Gasteiger charge is 2.27. The van der Waals surface area contributed by atoms with Crippen LogP contribution < -0.4 is 10.1 Å². The van der Waals surface area contributed by atoms with E-state index < -0.39 is 28.3 Å². The molecule has 0 unspecified atom stereocenters. The van der Waals surface area contributed by atoms with Gasteiger partial charge in [-0.15, -0.1) is 0 Å². The largest absolute Gasteiger partial charge is 0.495 e. The maximum absolute atomic E-state index is 13.6. The molecule has 8 heteroatoms. The van der Waals surface area contributed by atoms with Gasteiger partial charge in [0.1, 0.15) is 16.5 Å². The molecule has 0 aliphatic rings. The van der Waals surface area contributed by atoms with E-state index in [2.05, 4.69) is 11.4 Å². The van der Waals surface area contributed by atoms with Gasteiger partial charge in [-0.2, -0.15) is 4.31 Å². The van der Waals surface area contributed by atoms with Crippen molar-refractivity contribution >= 4 is 15.9 Å². The van der Waals surface area contributed by atoms with E-state index in [9.17, 15) is 17.6 Å². The highest BCUT2D eigenvalue weighted by molar-refractivity contribution is 7.89. The SMILES string of the molecule is COc1ccc(F)cc1S(=O)(=O)N(C)CC(=O)N[C@H](C)c1cc(C)c(C)cc1C. The number of methoxy groups -OCH3 is 1. The standard InChI is InChI=1S/C21H27FN2O4S/c1-13-9-15(3)18(10-14(13)2)16(4)23-21(25)12-24(5)29(26,27)20-11-17(22)7-8-19(20)28-6/h7-11,16H,12H2,1-6H3,(H,23,25)/t16-/m1/s1. The number of carbonyl (C=O) groups excluding carboxylic acids is 1. The Labute approximate surface area is 171 Å². The van der Waals surface area contributed by atoms with E-state index in [0.717, 1.165) is 33.1 Å². The van der Waals surface area contributed by atoms with Crippen molar-refractivity contribution in [2.24, 2.45) is 0 Å². The van der Waals surface area contributed by atoms with Gasteiger partial charge in [0.2, 0.25) is 15.9 Å². The monoisotopic (exact) mass is 422 g/mol. The molecule has 0 fully saturated rings. The Kier molecular flexibility index (Phi) is 7.02. The van der Waals surface area contributed by atoms with Crippen LogP contribution in [-0.2, 0) is 14.8 Å². The number of halogens is 1. The summed E-state index contributed by atoms with van der Waals surface area (Å²) in [6.07, 6.45) is 0. The van der Waals surface area contributed by atoms with Crippen LogP contribution in [0.15, 0.2) is 35.2 Å². The van der Waals surface area contributed by atoms with Crippen molar-refractivity contribution in [1.82, 2.24) is 9.62 Å². The first-order valence-corrected chi connectivity index (χ1v) is 10.6. The first kappa shape index (κ1) is 22.8. The topological polar surface area (TPSA) is 75.7 Å². The zero-order valence-corrected chi connectivity index (χ0v) is 18.4. The smallest absolute Gasteiger partial charge is 0.247 e. The number of likely N-dealkylation sites (N-methyl/N-ethyl adjacent to an activating group) is 1. The number of sulfonamides is 1. The summed E-state index contributed by atoms with van der Waals surface area (Å²) in [7, 11) is -1.55. The molecule has 0 aliphatic carbocycles. The maximum Gasteiger partial charge on any atom is 0.247 e. The Bertz CT molecular complexity index is 1020. The Morgan fingerprint density at radius 2 is 1.76 bits per heavy atom. The van der Waals surface area contributed by atoms with Gasteiger partial charge in [-0.25, -0.2) is 12.8 Å². The average Bonchev–Trinajstić information content (AvgIpc) is 2.64. The lowest BCUT2D eigenvalue weighted by molar-refractivity contribution is -0.121. The van der Waals surface area contributed by atoms with E-state index in [4.69, 9.17) is 4.74 Å². The molecular formula is C21H27FN2O4S. The van der Waals surface area contributed by atoms with Gasteiger partial charge < -0.3 is 10.1 Å². The second kappa shape index (κ2) is 8.92. The summed E-state index contributed by atoms with van der Waals surface area (Å²) in [5, 5.41) is 2.83. The highest BCUT2D eigenvalue weighted by Crippen LogP contribution is 2.27. The Hall–Kier alpha value is -2.45. The van der Waals surface area contributed by atoms with Crippen LogP contribution in [0.1, 0.15) is 35.2 Å². The van der Waals surface area contributed by atoms with Crippen molar-refractivity contribution in [3.8, 4) is 5.75 Å². The molecule has 1 atom stereocenters. The van der Waals surface area contributed by atoms with Crippen molar-refractivity contribution in [1.29, 1.82) is 0 Å². The lowest BCUT2D eigenvalue weighted by atomic mass is 9.96. The molecule has 1 N–H and O–H groups in total. The summed E-state index contributed by atoms with van der Waals surface area (Å²) < 4.78 is 45.1. The third-order valence-corrected chi connectivity index (χ3v) is 6.73. The first-order valence-electron chi connectivity index (χ1n) is 9.14. The number of aryl methyl sites for hydroxylation is 3. The third-order valence-electron chi connectivity index (χ3n) is 4.91. The number of hydrogen-bond donors (Lipinski definition) is 1. The van der Waals surface area contributed by atoms with Crippen molar-refractivity contribution in [3.05, 3.63) is 58.4 Å². The molecule has 2 rings (SSSR count).